The van der Waals surface area contributed by atoms with Gasteiger partial charge in [-0.25, -0.2) is 9.59 Å². The highest BCUT2D eigenvalue weighted by Gasteiger charge is 2.55. The lowest BCUT2D eigenvalue weighted by Crippen LogP contribution is -2.60. The van der Waals surface area contributed by atoms with E-state index in [4.69, 9.17) is 37.9 Å². The molecule has 0 radical (unpaired) electrons. The Morgan fingerprint density at radius 2 is 1.33 bits per heavy atom. The van der Waals surface area contributed by atoms with E-state index in [2.05, 4.69) is 6.58 Å². The first kappa shape index (κ1) is 40.4. The van der Waals surface area contributed by atoms with Gasteiger partial charge < -0.3 is 83.9 Å². The number of hydrogen-bond acceptors (Lipinski definition) is 19. The molecule has 0 bridgehead atoms. The minimum Gasteiger partial charge on any atom is -0.472 e. The van der Waals surface area contributed by atoms with Gasteiger partial charge in [-0.2, -0.15) is 0 Å². The van der Waals surface area contributed by atoms with Crippen LogP contribution < -0.4 is 0 Å². The highest BCUT2D eigenvalue weighted by Crippen LogP contribution is 2.49. The average molecular weight is 749 g/mol. The Labute approximate surface area is 298 Å². The monoisotopic (exact) mass is 748 g/mol. The predicted octanol–water partition coefficient (Wildman–Crippen LogP) is -3.74. The van der Waals surface area contributed by atoms with E-state index in [-0.39, 0.29) is 30.6 Å². The average Bonchev–Trinajstić information content (AvgIpc) is 3.47. The lowest BCUT2D eigenvalue weighted by Gasteiger charge is -2.43. The number of fused-ring (bicyclic) bond motifs is 1. The van der Waals surface area contributed by atoms with Crippen LogP contribution in [-0.2, 0) is 47.5 Å². The molecule has 2 unspecified atom stereocenters. The Morgan fingerprint density at radius 1 is 0.788 bits per heavy atom. The van der Waals surface area contributed by atoms with E-state index in [1.165, 1.54) is 13.2 Å². The number of hydrogen-bond donors (Lipinski definition) is 9. The van der Waals surface area contributed by atoms with Crippen molar-refractivity contribution in [1.82, 2.24) is 0 Å². The molecule has 4 aliphatic heterocycles. The zero-order chi connectivity index (χ0) is 38.0. The molecule has 19 nitrogen and oxygen atoms in total. The first-order chi connectivity index (χ1) is 24.8. The molecule has 0 spiro atoms. The molecule has 0 aromatic rings. The number of carbonyl (C=O) groups is 2. The lowest BCUT2D eigenvalue weighted by molar-refractivity contribution is -0.342. The molecule has 19 heteroatoms. The van der Waals surface area contributed by atoms with Crippen LogP contribution in [0, 0.1) is 29.6 Å². The summed E-state index contributed by atoms with van der Waals surface area (Å²) >= 11 is 0. The van der Waals surface area contributed by atoms with Crippen molar-refractivity contribution in [2.75, 3.05) is 26.9 Å². The van der Waals surface area contributed by atoms with E-state index in [1.54, 1.807) is 6.92 Å². The molecule has 18 atom stereocenters. The van der Waals surface area contributed by atoms with E-state index < -0.39 is 135 Å². The fourth-order valence-electron chi connectivity index (χ4n) is 7.55. The normalized spacial score (nSPS) is 44.7. The molecule has 9 N–H and O–H groups in total. The predicted molar refractivity (Wildman–Crippen MR) is 167 cm³/mol. The standard InChI is InChI=1S/C33H48O19/c1-4-13-14(5-6-34)16(10-46-30(13)51-32-26(41)24(39)22(37)19(8-35)49-32)29(44)48-18-7-15-17(28(43)45-3)11-47-31(21(15)12(18)2)52-33-27(42)25(40)23(38)20(9-36)50-33/h4,10-15,18-27,30-42H,1,5-9H2,2-3H3/t12-,13+,14-,15+,18-,19+,20+,21+,22+,23+,24-,25-,26+,27+,30-,31-,32?,33?/m0/s1. The van der Waals surface area contributed by atoms with Crippen molar-refractivity contribution >= 4 is 11.9 Å². The number of rotatable bonds is 12. The molecule has 3 fully saturated rings. The van der Waals surface area contributed by atoms with Gasteiger partial charge in [-0.1, -0.05) is 13.0 Å². The zero-order valence-electron chi connectivity index (χ0n) is 28.5. The Balaban J connectivity index is 1.33. The van der Waals surface area contributed by atoms with Crippen LogP contribution in [0.15, 0.2) is 36.3 Å². The van der Waals surface area contributed by atoms with Crippen LogP contribution in [0.3, 0.4) is 0 Å². The van der Waals surface area contributed by atoms with Crippen LogP contribution in [0.25, 0.3) is 0 Å². The third kappa shape index (κ3) is 7.74. The fourth-order valence-corrected chi connectivity index (χ4v) is 7.55. The van der Waals surface area contributed by atoms with Gasteiger partial charge >= 0.3 is 11.9 Å². The number of carbonyl (C=O) groups excluding carboxylic acids is 2. The Hall–Kier alpha value is -2.76. The maximum atomic E-state index is 13.8. The maximum absolute atomic E-state index is 13.8. The highest BCUT2D eigenvalue weighted by atomic mass is 16.8. The van der Waals surface area contributed by atoms with Crippen LogP contribution >= 0.6 is 0 Å². The van der Waals surface area contributed by atoms with Crippen LogP contribution in [0.1, 0.15) is 19.8 Å². The smallest absolute Gasteiger partial charge is 0.337 e. The van der Waals surface area contributed by atoms with Crippen molar-refractivity contribution in [3.63, 3.8) is 0 Å². The maximum Gasteiger partial charge on any atom is 0.337 e. The molecule has 5 aliphatic rings. The Bertz CT molecular complexity index is 1320. The van der Waals surface area contributed by atoms with Gasteiger partial charge in [-0.05, 0) is 12.8 Å². The van der Waals surface area contributed by atoms with E-state index in [0.29, 0.717) is 0 Å². The van der Waals surface area contributed by atoms with E-state index in [1.807, 2.05) is 0 Å². The van der Waals surface area contributed by atoms with Gasteiger partial charge in [0.1, 0.15) is 54.9 Å². The van der Waals surface area contributed by atoms with Gasteiger partial charge in [-0.15, -0.1) is 6.58 Å². The Kier molecular flexibility index (Phi) is 13.3. The van der Waals surface area contributed by atoms with Crippen molar-refractivity contribution in [2.24, 2.45) is 29.6 Å². The molecule has 294 valence electrons. The molecule has 2 saturated heterocycles. The summed E-state index contributed by atoms with van der Waals surface area (Å²) in [4.78, 5) is 26.6. The molecule has 5 rings (SSSR count). The largest absolute Gasteiger partial charge is 0.472 e. The molecular formula is C33H48O19. The van der Waals surface area contributed by atoms with Crippen molar-refractivity contribution in [1.29, 1.82) is 0 Å². The number of methoxy groups -OCH3 is 1. The van der Waals surface area contributed by atoms with E-state index in [0.717, 1.165) is 12.5 Å². The molecule has 52 heavy (non-hydrogen) atoms. The zero-order valence-corrected chi connectivity index (χ0v) is 28.5. The molecule has 0 aromatic carbocycles. The summed E-state index contributed by atoms with van der Waals surface area (Å²) in [7, 11) is 1.19. The summed E-state index contributed by atoms with van der Waals surface area (Å²) < 4.78 is 45.1. The molecule has 0 aromatic heterocycles. The first-order valence-corrected chi connectivity index (χ1v) is 17.0. The van der Waals surface area contributed by atoms with Crippen molar-refractivity contribution < 1.29 is 93.4 Å². The highest BCUT2D eigenvalue weighted by molar-refractivity contribution is 5.90. The minimum atomic E-state index is -1.73. The van der Waals surface area contributed by atoms with Gasteiger partial charge in [0, 0.05) is 36.2 Å². The van der Waals surface area contributed by atoms with Crippen molar-refractivity contribution in [3.05, 3.63) is 36.3 Å². The second kappa shape index (κ2) is 17.1. The number of aliphatic hydroxyl groups excluding tert-OH is 9. The van der Waals surface area contributed by atoms with Gasteiger partial charge in [0.25, 0.3) is 0 Å². The van der Waals surface area contributed by atoms with Crippen LogP contribution in [-0.4, -0.2) is 165 Å². The summed E-state index contributed by atoms with van der Waals surface area (Å²) in [6.07, 6.45) is -15.3. The first-order valence-electron chi connectivity index (χ1n) is 17.0. The van der Waals surface area contributed by atoms with Crippen LogP contribution in [0.5, 0.6) is 0 Å². The quantitative estimate of drug-likeness (QED) is 0.0684. The second-order valence-electron chi connectivity index (χ2n) is 13.5. The van der Waals surface area contributed by atoms with Crippen molar-refractivity contribution in [2.45, 2.75) is 99.9 Å². The van der Waals surface area contributed by atoms with Crippen LogP contribution in [0.2, 0.25) is 0 Å². The molecule has 1 saturated carbocycles. The van der Waals surface area contributed by atoms with E-state index >= 15 is 0 Å². The lowest BCUT2D eigenvalue weighted by atomic mass is 9.81. The van der Waals surface area contributed by atoms with Crippen LogP contribution in [0.4, 0.5) is 0 Å². The van der Waals surface area contributed by atoms with Gasteiger partial charge in [0.2, 0.25) is 12.6 Å². The van der Waals surface area contributed by atoms with Crippen molar-refractivity contribution in [3.8, 4) is 0 Å². The summed E-state index contributed by atoms with van der Waals surface area (Å²) in [6, 6.07) is 0. The third-order valence-corrected chi connectivity index (χ3v) is 10.6. The minimum absolute atomic E-state index is 0.00350. The van der Waals surface area contributed by atoms with Gasteiger partial charge in [-0.3, -0.25) is 0 Å². The molecule has 1 aliphatic carbocycles. The molecule has 4 heterocycles. The second-order valence-corrected chi connectivity index (χ2v) is 13.5. The van der Waals surface area contributed by atoms with Gasteiger partial charge in [0.05, 0.1) is 44.0 Å². The summed E-state index contributed by atoms with van der Waals surface area (Å²) in [5, 5.41) is 90.8. The topological polar surface area (TPSA) is 290 Å². The Morgan fingerprint density at radius 3 is 1.85 bits per heavy atom. The summed E-state index contributed by atoms with van der Waals surface area (Å²) in [5.41, 5.74) is 0.133. The summed E-state index contributed by atoms with van der Waals surface area (Å²) in [5.74, 6) is -5.09. The number of aliphatic hydroxyl groups is 9. The van der Waals surface area contributed by atoms with Gasteiger partial charge in [0.15, 0.2) is 12.6 Å². The SMILES string of the molecule is C=C[C@H]1[C@H](OC2O[C@H](CO)[C@@H](O)[C@H](O)[C@H]2O)OC=C(C(=O)O[C@H]2C[C@@H]3C(C(=O)OC)=CO[C@@H](OC4O[C@H](CO)[C@@H](O)[C@H](O)[C@H]4O)[C@@H]3[C@H]2C)[C@H]1CCO. The molecule has 0 amide bonds. The fraction of sp³-hybridized carbons (Fsp3) is 0.758. The number of esters is 2. The molecular weight excluding hydrogens is 700 g/mol. The van der Waals surface area contributed by atoms with E-state index in [9.17, 15) is 55.5 Å². The number of ether oxygens (including phenoxy) is 8. The third-order valence-electron chi connectivity index (χ3n) is 10.6. The summed E-state index contributed by atoms with van der Waals surface area (Å²) in [6.45, 7) is 3.78.